The van der Waals surface area contributed by atoms with Crippen LogP contribution in [0.4, 0.5) is 5.13 Å². The Hall–Kier alpha value is -1.84. The number of aromatic nitrogens is 2. The van der Waals surface area contributed by atoms with E-state index in [-0.39, 0.29) is 20.7 Å². The van der Waals surface area contributed by atoms with Crippen LogP contribution < -0.4 is 10.5 Å². The molecule has 2 aromatic heterocycles. The third kappa shape index (κ3) is 3.00. The highest BCUT2D eigenvalue weighted by Crippen LogP contribution is 2.26. The van der Waals surface area contributed by atoms with E-state index in [1.165, 1.54) is 13.1 Å². The van der Waals surface area contributed by atoms with Gasteiger partial charge in [0.1, 0.15) is 5.69 Å². The molecule has 0 aliphatic carbocycles. The van der Waals surface area contributed by atoms with E-state index < -0.39 is 15.9 Å². The van der Waals surface area contributed by atoms with Crippen molar-refractivity contribution in [1.82, 2.24) is 9.97 Å². The summed E-state index contributed by atoms with van der Waals surface area (Å²) in [7, 11) is -3.83. The molecule has 7 nitrogen and oxygen atoms in total. The monoisotopic (exact) mass is 312 g/mol. The maximum absolute atomic E-state index is 12.0. The Morgan fingerprint density at radius 2 is 2.10 bits per heavy atom. The van der Waals surface area contributed by atoms with Crippen molar-refractivity contribution in [2.24, 2.45) is 5.14 Å². The maximum Gasteiger partial charge on any atom is 0.276 e. The van der Waals surface area contributed by atoms with E-state index >= 15 is 0 Å². The number of nitrogens with one attached hydrogen (secondary N) is 1. The number of nitrogens with zero attached hydrogens (tertiary/aromatic N) is 2. The second-order valence-electron chi connectivity index (χ2n) is 4.06. The highest BCUT2D eigenvalue weighted by molar-refractivity contribution is 7.91. The molecule has 20 heavy (non-hydrogen) atoms. The first-order valence-corrected chi connectivity index (χ1v) is 7.88. The lowest BCUT2D eigenvalue weighted by Gasteiger charge is -2.03. The third-order valence-corrected chi connectivity index (χ3v) is 5.08. The number of carbonyl (C=O) groups is 1. The topological polar surface area (TPSA) is 115 Å². The van der Waals surface area contributed by atoms with Gasteiger partial charge in [0.2, 0.25) is 10.0 Å². The standard InChI is InChI=1S/C11H12N4O3S2/c1-6-4-3-5-13-8(6)9(16)15-11-14-7(2)10(19-11)20(12,17)18/h3-5H,1-2H3,(H2,12,17,18)(H,14,15,16). The van der Waals surface area contributed by atoms with Crippen molar-refractivity contribution in [2.45, 2.75) is 18.1 Å². The molecule has 1 amide bonds. The van der Waals surface area contributed by atoms with Gasteiger partial charge in [-0.05, 0) is 25.5 Å². The second-order valence-corrected chi connectivity index (χ2v) is 6.82. The van der Waals surface area contributed by atoms with Crippen LogP contribution in [-0.2, 0) is 10.0 Å². The second kappa shape index (κ2) is 5.27. The summed E-state index contributed by atoms with van der Waals surface area (Å²) in [6.45, 7) is 3.27. The quantitative estimate of drug-likeness (QED) is 0.879. The van der Waals surface area contributed by atoms with Crippen LogP contribution in [0.15, 0.2) is 22.5 Å². The number of thiazole rings is 1. The zero-order chi connectivity index (χ0) is 14.9. The van der Waals surface area contributed by atoms with Crippen LogP contribution in [-0.4, -0.2) is 24.3 Å². The normalized spacial score (nSPS) is 11.3. The maximum atomic E-state index is 12.0. The van der Waals surface area contributed by atoms with Crippen LogP contribution in [0, 0.1) is 13.8 Å². The molecule has 0 unspecified atom stereocenters. The lowest BCUT2D eigenvalue weighted by atomic mass is 10.2. The number of pyridine rings is 1. The molecular weight excluding hydrogens is 300 g/mol. The van der Waals surface area contributed by atoms with Gasteiger partial charge in [-0.3, -0.25) is 15.1 Å². The zero-order valence-electron chi connectivity index (χ0n) is 10.7. The fraction of sp³-hybridized carbons (Fsp3) is 0.182. The molecule has 0 fully saturated rings. The smallest absolute Gasteiger partial charge is 0.276 e. The van der Waals surface area contributed by atoms with Crippen molar-refractivity contribution < 1.29 is 13.2 Å². The van der Waals surface area contributed by atoms with Crippen molar-refractivity contribution in [3.63, 3.8) is 0 Å². The first kappa shape index (κ1) is 14.6. The van der Waals surface area contributed by atoms with Crippen LogP contribution in [0.3, 0.4) is 0 Å². The van der Waals surface area contributed by atoms with E-state index in [9.17, 15) is 13.2 Å². The van der Waals surface area contributed by atoms with E-state index in [4.69, 9.17) is 5.14 Å². The van der Waals surface area contributed by atoms with Crippen molar-refractivity contribution >= 4 is 32.4 Å². The van der Waals surface area contributed by atoms with Gasteiger partial charge in [0, 0.05) is 6.20 Å². The molecule has 0 saturated carbocycles. The number of carbonyl (C=O) groups excluding carboxylic acids is 1. The predicted octanol–water partition coefficient (Wildman–Crippen LogP) is 1.05. The summed E-state index contributed by atoms with van der Waals surface area (Å²) < 4.78 is 22.5. The van der Waals surface area contributed by atoms with E-state index in [1.54, 1.807) is 19.1 Å². The SMILES string of the molecule is Cc1cccnc1C(=O)Nc1nc(C)c(S(N)(=O)=O)s1. The number of sulfonamides is 1. The van der Waals surface area contributed by atoms with E-state index in [1.807, 2.05) is 0 Å². The van der Waals surface area contributed by atoms with Crippen LogP contribution in [0.25, 0.3) is 0 Å². The van der Waals surface area contributed by atoms with Gasteiger partial charge in [-0.25, -0.2) is 18.5 Å². The fourth-order valence-electron chi connectivity index (χ4n) is 1.58. The number of aryl methyl sites for hydroxylation is 2. The summed E-state index contributed by atoms with van der Waals surface area (Å²) in [5, 5.41) is 7.74. The van der Waals surface area contributed by atoms with Crippen LogP contribution in [0.2, 0.25) is 0 Å². The van der Waals surface area contributed by atoms with Gasteiger partial charge >= 0.3 is 0 Å². The summed E-state index contributed by atoms with van der Waals surface area (Å²) in [4.78, 5) is 20.0. The lowest BCUT2D eigenvalue weighted by molar-refractivity contribution is 0.102. The van der Waals surface area contributed by atoms with Gasteiger partial charge < -0.3 is 0 Å². The first-order chi connectivity index (χ1) is 9.29. The van der Waals surface area contributed by atoms with Gasteiger partial charge in [-0.1, -0.05) is 17.4 Å². The van der Waals surface area contributed by atoms with Gasteiger partial charge in [0.05, 0.1) is 5.69 Å². The molecule has 0 spiro atoms. The average molecular weight is 312 g/mol. The number of hydrogen-bond acceptors (Lipinski definition) is 6. The number of hydrogen-bond donors (Lipinski definition) is 2. The number of rotatable bonds is 3. The molecule has 2 aromatic rings. The largest absolute Gasteiger partial charge is 0.296 e. The molecule has 2 heterocycles. The van der Waals surface area contributed by atoms with Crippen LogP contribution in [0.1, 0.15) is 21.7 Å². The summed E-state index contributed by atoms with van der Waals surface area (Å²) in [6.07, 6.45) is 1.50. The van der Waals surface area contributed by atoms with E-state index in [2.05, 4.69) is 15.3 Å². The van der Waals surface area contributed by atoms with E-state index in [0.717, 1.165) is 11.3 Å². The molecular formula is C11H12N4O3S2. The van der Waals surface area contributed by atoms with Crippen molar-refractivity contribution in [3.05, 3.63) is 35.3 Å². The number of amides is 1. The first-order valence-electron chi connectivity index (χ1n) is 5.52. The molecule has 9 heteroatoms. The molecule has 0 atom stereocenters. The Bertz CT molecular complexity index is 768. The highest BCUT2D eigenvalue weighted by atomic mass is 32.2. The number of nitrogens with two attached hydrogens (primary N) is 1. The lowest BCUT2D eigenvalue weighted by Crippen LogP contribution is -2.14. The Balaban J connectivity index is 2.28. The summed E-state index contributed by atoms with van der Waals surface area (Å²) in [6, 6.07) is 3.48. The number of anilines is 1. The van der Waals surface area contributed by atoms with Crippen molar-refractivity contribution in [3.8, 4) is 0 Å². The van der Waals surface area contributed by atoms with Gasteiger partial charge in [0.15, 0.2) is 9.34 Å². The molecule has 2 rings (SSSR count). The molecule has 0 aromatic carbocycles. The molecule has 3 N–H and O–H groups in total. The van der Waals surface area contributed by atoms with Crippen molar-refractivity contribution in [1.29, 1.82) is 0 Å². The van der Waals surface area contributed by atoms with Crippen molar-refractivity contribution in [2.75, 3.05) is 5.32 Å². The van der Waals surface area contributed by atoms with Crippen LogP contribution >= 0.6 is 11.3 Å². The molecule has 106 valence electrons. The molecule has 0 radical (unpaired) electrons. The molecule has 0 bridgehead atoms. The van der Waals surface area contributed by atoms with E-state index in [0.29, 0.717) is 5.56 Å². The van der Waals surface area contributed by atoms with Gasteiger partial charge in [-0.15, -0.1) is 0 Å². The van der Waals surface area contributed by atoms with Gasteiger partial charge in [-0.2, -0.15) is 0 Å². The summed E-state index contributed by atoms with van der Waals surface area (Å²) >= 11 is 0.811. The minimum Gasteiger partial charge on any atom is -0.296 e. The third-order valence-electron chi connectivity index (χ3n) is 2.46. The fourth-order valence-corrected chi connectivity index (χ4v) is 3.43. The molecule has 0 aliphatic heterocycles. The summed E-state index contributed by atoms with van der Waals surface area (Å²) in [5.74, 6) is -0.446. The minimum atomic E-state index is -3.83. The molecule has 0 saturated heterocycles. The Morgan fingerprint density at radius 3 is 2.65 bits per heavy atom. The molecule has 0 aliphatic rings. The minimum absolute atomic E-state index is 0.0643. The Labute approximate surface area is 119 Å². The Kier molecular flexibility index (Phi) is 3.84. The highest BCUT2D eigenvalue weighted by Gasteiger charge is 2.19. The Morgan fingerprint density at radius 1 is 1.40 bits per heavy atom. The summed E-state index contributed by atoms with van der Waals surface area (Å²) in [5.41, 5.74) is 1.23. The van der Waals surface area contributed by atoms with Gasteiger partial charge in [0.25, 0.3) is 5.91 Å². The number of primary sulfonamides is 1. The van der Waals surface area contributed by atoms with Crippen LogP contribution in [0.5, 0.6) is 0 Å². The predicted molar refractivity (Wildman–Crippen MR) is 75.2 cm³/mol. The average Bonchev–Trinajstić information content (AvgIpc) is 2.70. The zero-order valence-corrected chi connectivity index (χ0v) is 12.4.